The molecular weight excluding hydrogens is 336 g/mol. The van der Waals surface area contributed by atoms with Crippen molar-refractivity contribution in [2.75, 3.05) is 5.73 Å². The molecule has 4 aromatic rings. The first-order valence-electron chi connectivity index (χ1n) is 7.87. The molecule has 0 aliphatic heterocycles. The number of anilines is 1. The fraction of sp³-hybridized carbons (Fsp3) is 0. The fourth-order valence-corrected chi connectivity index (χ4v) is 2.93. The number of hydrogen-bond acceptors (Lipinski definition) is 3. The van der Waals surface area contributed by atoms with E-state index in [-0.39, 0.29) is 17.2 Å². The first-order valence-corrected chi connectivity index (χ1v) is 7.87. The summed E-state index contributed by atoms with van der Waals surface area (Å²) in [7, 11) is 0. The van der Waals surface area contributed by atoms with Gasteiger partial charge < -0.3 is 5.73 Å². The molecule has 2 N–H and O–H groups in total. The molecule has 0 fully saturated rings. The Hall–Kier alpha value is -3.54. The van der Waals surface area contributed by atoms with Gasteiger partial charge in [0, 0.05) is 29.0 Å². The number of nitrogen functional groups attached to an aromatic ring is 1. The molecule has 0 atom stereocenters. The van der Waals surface area contributed by atoms with Crippen molar-refractivity contribution < 1.29 is 13.6 Å². The van der Waals surface area contributed by atoms with Crippen molar-refractivity contribution in [1.82, 2.24) is 9.38 Å². The van der Waals surface area contributed by atoms with Crippen LogP contribution in [0.1, 0.15) is 15.9 Å². The lowest BCUT2D eigenvalue weighted by molar-refractivity contribution is 0.103. The summed E-state index contributed by atoms with van der Waals surface area (Å²) in [6.07, 6.45) is 1.58. The summed E-state index contributed by atoms with van der Waals surface area (Å²) in [5.41, 5.74) is 7.98. The maximum absolute atomic E-state index is 13.6. The van der Waals surface area contributed by atoms with Crippen LogP contribution in [0.25, 0.3) is 16.9 Å². The molecule has 2 aromatic carbocycles. The maximum atomic E-state index is 13.6. The Labute approximate surface area is 147 Å². The number of carbonyl (C=O) groups is 1. The summed E-state index contributed by atoms with van der Waals surface area (Å²) >= 11 is 0. The van der Waals surface area contributed by atoms with E-state index in [1.165, 1.54) is 12.1 Å². The molecule has 2 heterocycles. The van der Waals surface area contributed by atoms with E-state index in [0.29, 0.717) is 22.5 Å². The van der Waals surface area contributed by atoms with Crippen LogP contribution in [0.4, 0.5) is 14.6 Å². The number of benzene rings is 2. The van der Waals surface area contributed by atoms with E-state index < -0.39 is 11.6 Å². The minimum absolute atomic E-state index is 0.124. The van der Waals surface area contributed by atoms with Gasteiger partial charge in [0.05, 0.1) is 5.69 Å². The van der Waals surface area contributed by atoms with Crippen molar-refractivity contribution in [2.45, 2.75) is 0 Å². The number of aromatic nitrogens is 2. The number of rotatable bonds is 3. The van der Waals surface area contributed by atoms with Gasteiger partial charge in [0.1, 0.15) is 17.3 Å². The standard InChI is InChI=1S/C20H13F2N3O/c21-15-8-14(9-16(22)10-15)18-20(23)24-17-7-6-13(11-25(17)18)19(26)12-4-2-1-3-5-12/h1-11H,23H2. The Morgan fingerprint density at radius 3 is 2.31 bits per heavy atom. The average Bonchev–Trinajstić information content (AvgIpc) is 2.96. The number of hydrogen-bond donors (Lipinski definition) is 1. The second-order valence-corrected chi connectivity index (χ2v) is 5.84. The Bertz CT molecular complexity index is 1120. The van der Waals surface area contributed by atoms with Crippen LogP contribution in [0, 0.1) is 11.6 Å². The van der Waals surface area contributed by atoms with Crippen molar-refractivity contribution in [1.29, 1.82) is 0 Å². The number of nitrogens with zero attached hydrogens (tertiary/aromatic N) is 2. The highest BCUT2D eigenvalue weighted by Crippen LogP contribution is 2.29. The molecule has 0 unspecified atom stereocenters. The van der Waals surface area contributed by atoms with Crippen LogP contribution in [-0.4, -0.2) is 15.2 Å². The van der Waals surface area contributed by atoms with E-state index in [1.807, 2.05) is 6.07 Å². The van der Waals surface area contributed by atoms with Crippen molar-refractivity contribution in [3.63, 3.8) is 0 Å². The van der Waals surface area contributed by atoms with Crippen LogP contribution in [0.2, 0.25) is 0 Å². The smallest absolute Gasteiger partial charge is 0.194 e. The predicted molar refractivity (Wildman–Crippen MR) is 94.8 cm³/mol. The van der Waals surface area contributed by atoms with E-state index in [9.17, 15) is 13.6 Å². The third-order valence-corrected chi connectivity index (χ3v) is 4.08. The minimum Gasteiger partial charge on any atom is -0.382 e. The van der Waals surface area contributed by atoms with Gasteiger partial charge >= 0.3 is 0 Å². The van der Waals surface area contributed by atoms with Gasteiger partial charge in [-0.1, -0.05) is 30.3 Å². The average molecular weight is 349 g/mol. The number of imidazole rings is 1. The van der Waals surface area contributed by atoms with Gasteiger partial charge in [-0.3, -0.25) is 9.20 Å². The minimum atomic E-state index is -0.717. The molecule has 26 heavy (non-hydrogen) atoms. The predicted octanol–water partition coefficient (Wildman–Crippen LogP) is 4.09. The molecule has 4 nitrogen and oxygen atoms in total. The van der Waals surface area contributed by atoms with Gasteiger partial charge in [0.25, 0.3) is 0 Å². The van der Waals surface area contributed by atoms with Gasteiger partial charge in [-0.25, -0.2) is 13.8 Å². The van der Waals surface area contributed by atoms with E-state index >= 15 is 0 Å². The van der Waals surface area contributed by atoms with Gasteiger partial charge in [-0.15, -0.1) is 0 Å². The largest absolute Gasteiger partial charge is 0.382 e. The Balaban J connectivity index is 1.89. The second-order valence-electron chi connectivity index (χ2n) is 5.84. The zero-order valence-corrected chi connectivity index (χ0v) is 13.5. The lowest BCUT2D eigenvalue weighted by Gasteiger charge is -2.06. The van der Waals surface area contributed by atoms with Crippen LogP contribution < -0.4 is 5.73 Å². The SMILES string of the molecule is Nc1nc2ccc(C(=O)c3ccccc3)cn2c1-c1cc(F)cc(F)c1. The highest BCUT2D eigenvalue weighted by Gasteiger charge is 2.16. The fourth-order valence-electron chi connectivity index (χ4n) is 2.93. The second kappa shape index (κ2) is 6.07. The van der Waals surface area contributed by atoms with Crippen LogP contribution in [-0.2, 0) is 0 Å². The Kier molecular flexibility index (Phi) is 3.73. The van der Waals surface area contributed by atoms with Crippen molar-refractivity contribution in [2.24, 2.45) is 0 Å². The van der Waals surface area contributed by atoms with Gasteiger partial charge in [0.15, 0.2) is 11.6 Å². The number of fused-ring (bicyclic) bond motifs is 1. The van der Waals surface area contributed by atoms with Crippen LogP contribution in [0.5, 0.6) is 0 Å². The van der Waals surface area contributed by atoms with E-state index in [4.69, 9.17) is 5.73 Å². The summed E-state index contributed by atoms with van der Waals surface area (Å²) in [5.74, 6) is -1.48. The summed E-state index contributed by atoms with van der Waals surface area (Å²) in [5, 5.41) is 0. The summed E-state index contributed by atoms with van der Waals surface area (Å²) in [6.45, 7) is 0. The Morgan fingerprint density at radius 2 is 1.62 bits per heavy atom. The zero-order chi connectivity index (χ0) is 18.3. The topological polar surface area (TPSA) is 60.4 Å². The first kappa shape index (κ1) is 16.0. The quantitative estimate of drug-likeness (QED) is 0.567. The van der Waals surface area contributed by atoms with Gasteiger partial charge in [-0.2, -0.15) is 0 Å². The van der Waals surface area contributed by atoms with Crippen LogP contribution in [0.15, 0.2) is 66.9 Å². The summed E-state index contributed by atoms with van der Waals surface area (Å²) < 4.78 is 28.8. The highest BCUT2D eigenvalue weighted by atomic mass is 19.1. The molecule has 128 valence electrons. The third kappa shape index (κ3) is 2.71. The molecule has 2 aromatic heterocycles. The van der Waals surface area contributed by atoms with E-state index in [1.54, 1.807) is 47.0 Å². The molecule has 0 aliphatic rings. The molecule has 0 spiro atoms. The summed E-state index contributed by atoms with van der Waals surface area (Å²) in [4.78, 5) is 16.9. The molecule has 0 saturated heterocycles. The van der Waals surface area contributed by atoms with E-state index in [2.05, 4.69) is 4.98 Å². The summed E-state index contributed by atoms with van der Waals surface area (Å²) in [6, 6.07) is 15.3. The number of carbonyl (C=O) groups excluding carboxylic acids is 1. The normalized spacial score (nSPS) is 11.0. The molecule has 0 bridgehead atoms. The number of ketones is 1. The lowest BCUT2D eigenvalue weighted by atomic mass is 10.1. The third-order valence-electron chi connectivity index (χ3n) is 4.08. The van der Waals surface area contributed by atoms with Crippen LogP contribution in [0.3, 0.4) is 0 Å². The van der Waals surface area contributed by atoms with Crippen molar-refractivity contribution in [3.05, 3.63) is 89.6 Å². The zero-order valence-electron chi connectivity index (χ0n) is 13.5. The van der Waals surface area contributed by atoms with Gasteiger partial charge in [0.2, 0.25) is 0 Å². The number of nitrogens with two attached hydrogens (primary N) is 1. The van der Waals surface area contributed by atoms with E-state index in [0.717, 1.165) is 6.07 Å². The maximum Gasteiger partial charge on any atom is 0.194 e. The molecule has 0 amide bonds. The highest BCUT2D eigenvalue weighted by molar-refractivity contribution is 6.09. The molecule has 0 saturated carbocycles. The molecular formula is C20H13F2N3O. The molecule has 0 radical (unpaired) electrons. The lowest BCUT2D eigenvalue weighted by Crippen LogP contribution is -2.03. The molecule has 4 rings (SSSR count). The van der Waals surface area contributed by atoms with Crippen LogP contribution >= 0.6 is 0 Å². The van der Waals surface area contributed by atoms with Gasteiger partial charge in [-0.05, 0) is 24.3 Å². The van der Waals surface area contributed by atoms with Crippen molar-refractivity contribution in [3.8, 4) is 11.3 Å². The number of pyridine rings is 1. The van der Waals surface area contributed by atoms with Crippen molar-refractivity contribution >= 4 is 17.2 Å². The monoisotopic (exact) mass is 349 g/mol. The number of halogens is 2. The molecule has 0 aliphatic carbocycles. The molecule has 6 heteroatoms. The first-order chi connectivity index (χ1) is 12.5. The Morgan fingerprint density at radius 1 is 0.923 bits per heavy atom.